The molecule has 3 aromatic rings. The molecule has 1 aromatic carbocycles. The third-order valence-electron chi connectivity index (χ3n) is 4.10. The zero-order valence-corrected chi connectivity index (χ0v) is 14.5. The lowest BCUT2D eigenvalue weighted by Crippen LogP contribution is -2.28. The van der Waals surface area contributed by atoms with E-state index in [4.69, 9.17) is 0 Å². The topological polar surface area (TPSA) is 58.0 Å². The van der Waals surface area contributed by atoms with Gasteiger partial charge in [0.1, 0.15) is 28.9 Å². The number of aryl methyl sites for hydroxylation is 1. The summed E-state index contributed by atoms with van der Waals surface area (Å²) < 4.78 is 14.0. The molecular formula is C18H20FN3OS. The number of aromatic nitrogens is 2. The van der Waals surface area contributed by atoms with Crippen LogP contribution in [0.3, 0.4) is 0 Å². The van der Waals surface area contributed by atoms with E-state index >= 15 is 0 Å². The van der Waals surface area contributed by atoms with Crippen LogP contribution < -0.4 is 5.32 Å². The van der Waals surface area contributed by atoms with Gasteiger partial charge in [0, 0.05) is 10.4 Å². The summed E-state index contributed by atoms with van der Waals surface area (Å²) in [6.45, 7) is 4.05. The summed E-state index contributed by atoms with van der Waals surface area (Å²) in [5.41, 5.74) is 0.293. The summed E-state index contributed by atoms with van der Waals surface area (Å²) in [4.78, 5) is 10.8. The Morgan fingerprint density at radius 3 is 2.75 bits per heavy atom. The third-order valence-corrected chi connectivity index (χ3v) is 5.28. The number of nitrogens with one attached hydrogen (secondary N) is 1. The van der Waals surface area contributed by atoms with E-state index in [0.29, 0.717) is 17.8 Å². The minimum absolute atomic E-state index is 0.293. The van der Waals surface area contributed by atoms with Crippen LogP contribution in [0.5, 0.6) is 0 Å². The van der Waals surface area contributed by atoms with Crippen molar-refractivity contribution in [1.29, 1.82) is 0 Å². The van der Waals surface area contributed by atoms with Crippen LogP contribution in [0, 0.1) is 5.82 Å². The van der Waals surface area contributed by atoms with E-state index in [9.17, 15) is 9.50 Å². The first-order valence-electron chi connectivity index (χ1n) is 8.06. The van der Waals surface area contributed by atoms with Gasteiger partial charge in [0.05, 0.1) is 11.4 Å². The Morgan fingerprint density at radius 2 is 2.04 bits per heavy atom. The highest BCUT2D eigenvalue weighted by molar-refractivity contribution is 7.18. The Balaban J connectivity index is 1.91. The van der Waals surface area contributed by atoms with Crippen molar-refractivity contribution in [1.82, 2.24) is 9.97 Å². The van der Waals surface area contributed by atoms with E-state index in [-0.39, 0.29) is 6.04 Å². The van der Waals surface area contributed by atoms with E-state index in [1.807, 2.05) is 6.92 Å². The molecule has 0 aliphatic rings. The van der Waals surface area contributed by atoms with E-state index in [0.717, 1.165) is 16.6 Å². The number of fused-ring (bicyclic) bond motifs is 1. The van der Waals surface area contributed by atoms with Crippen molar-refractivity contribution in [3.63, 3.8) is 0 Å². The molecule has 2 heterocycles. The predicted molar refractivity (Wildman–Crippen MR) is 95.9 cm³/mol. The van der Waals surface area contributed by atoms with Gasteiger partial charge in [0.25, 0.3) is 0 Å². The maximum absolute atomic E-state index is 14.0. The molecule has 2 atom stereocenters. The molecule has 4 nitrogen and oxygen atoms in total. The van der Waals surface area contributed by atoms with Gasteiger partial charge in [-0.05, 0) is 25.0 Å². The van der Waals surface area contributed by atoms with Crippen LogP contribution in [0.2, 0.25) is 0 Å². The van der Waals surface area contributed by atoms with Gasteiger partial charge in [0.15, 0.2) is 0 Å². The molecule has 3 rings (SSSR count). The number of anilines is 1. The van der Waals surface area contributed by atoms with Crippen molar-refractivity contribution in [2.24, 2.45) is 0 Å². The van der Waals surface area contributed by atoms with Gasteiger partial charge in [-0.1, -0.05) is 32.0 Å². The fraction of sp³-hybridized carbons (Fsp3) is 0.333. The van der Waals surface area contributed by atoms with E-state index in [2.05, 4.69) is 28.3 Å². The summed E-state index contributed by atoms with van der Waals surface area (Å²) in [6.07, 6.45) is 2.13. The van der Waals surface area contributed by atoms with Crippen molar-refractivity contribution in [2.45, 2.75) is 38.8 Å². The molecule has 126 valence electrons. The molecule has 0 fully saturated rings. The Kier molecular flexibility index (Phi) is 5.06. The number of thiophene rings is 1. The highest BCUT2D eigenvalue weighted by atomic mass is 32.1. The Morgan fingerprint density at radius 1 is 1.25 bits per heavy atom. The summed E-state index contributed by atoms with van der Waals surface area (Å²) in [5.74, 6) is 0.278. The first-order valence-corrected chi connectivity index (χ1v) is 8.88. The second-order valence-electron chi connectivity index (χ2n) is 5.63. The molecule has 0 aliphatic carbocycles. The van der Waals surface area contributed by atoms with Crippen LogP contribution >= 0.6 is 11.3 Å². The Labute approximate surface area is 144 Å². The maximum Gasteiger partial charge on any atom is 0.138 e. The monoisotopic (exact) mass is 345 g/mol. The number of benzene rings is 1. The summed E-state index contributed by atoms with van der Waals surface area (Å²) in [6, 6.07) is 8.05. The van der Waals surface area contributed by atoms with Crippen LogP contribution in [0.4, 0.5) is 10.2 Å². The molecule has 0 saturated carbocycles. The van der Waals surface area contributed by atoms with Crippen LogP contribution in [-0.2, 0) is 6.42 Å². The number of aliphatic hydroxyl groups excluding tert-OH is 1. The highest BCUT2D eigenvalue weighted by Crippen LogP contribution is 2.31. The van der Waals surface area contributed by atoms with Crippen LogP contribution in [0.25, 0.3) is 10.2 Å². The van der Waals surface area contributed by atoms with Gasteiger partial charge in [-0.2, -0.15) is 0 Å². The second kappa shape index (κ2) is 7.23. The largest absolute Gasteiger partial charge is 0.386 e. The minimum atomic E-state index is -0.953. The zero-order chi connectivity index (χ0) is 17.1. The van der Waals surface area contributed by atoms with Gasteiger partial charge in [-0.15, -0.1) is 11.3 Å². The van der Waals surface area contributed by atoms with Crippen molar-refractivity contribution in [3.05, 3.63) is 52.9 Å². The molecule has 6 heteroatoms. The number of nitrogens with zero attached hydrogens (tertiary/aromatic N) is 2. The first-order chi connectivity index (χ1) is 11.6. The molecule has 0 amide bonds. The molecular weight excluding hydrogens is 325 g/mol. The summed E-state index contributed by atoms with van der Waals surface area (Å²) in [5, 5.41) is 14.8. The lowest BCUT2D eigenvalue weighted by atomic mass is 9.99. The molecule has 0 radical (unpaired) electrons. The Hall–Kier alpha value is -2.05. The van der Waals surface area contributed by atoms with Gasteiger partial charge < -0.3 is 10.4 Å². The molecule has 2 N–H and O–H groups in total. The van der Waals surface area contributed by atoms with Crippen molar-refractivity contribution in [2.75, 3.05) is 5.32 Å². The number of halogens is 1. The maximum atomic E-state index is 14.0. The average Bonchev–Trinajstić information content (AvgIpc) is 3.03. The number of aliphatic hydroxyl groups is 1. The predicted octanol–water partition coefficient (Wildman–Crippen LogP) is 4.32. The quantitative estimate of drug-likeness (QED) is 0.699. The van der Waals surface area contributed by atoms with Gasteiger partial charge in [-0.25, -0.2) is 14.4 Å². The number of hydrogen-bond acceptors (Lipinski definition) is 5. The average molecular weight is 345 g/mol. The SMILES string of the molecule is CCc1cc2c(NC(CC)C(O)c3ccccc3F)ncnc2s1. The minimum Gasteiger partial charge on any atom is -0.386 e. The normalized spacial score (nSPS) is 13.8. The fourth-order valence-electron chi connectivity index (χ4n) is 2.71. The Bertz CT molecular complexity index is 836. The van der Waals surface area contributed by atoms with Crippen molar-refractivity contribution >= 4 is 27.4 Å². The van der Waals surface area contributed by atoms with E-state index < -0.39 is 11.9 Å². The molecule has 2 unspecified atom stereocenters. The summed E-state index contributed by atoms with van der Waals surface area (Å²) in [7, 11) is 0. The number of hydrogen-bond donors (Lipinski definition) is 2. The zero-order valence-electron chi connectivity index (χ0n) is 13.7. The lowest BCUT2D eigenvalue weighted by Gasteiger charge is -2.24. The molecule has 0 spiro atoms. The second-order valence-corrected chi connectivity index (χ2v) is 6.75. The molecule has 0 bridgehead atoms. The van der Waals surface area contributed by atoms with E-state index in [1.165, 1.54) is 17.3 Å². The van der Waals surface area contributed by atoms with Gasteiger partial charge >= 0.3 is 0 Å². The fourth-order valence-corrected chi connectivity index (χ4v) is 3.64. The van der Waals surface area contributed by atoms with Gasteiger partial charge in [0.2, 0.25) is 0 Å². The van der Waals surface area contributed by atoms with Crippen molar-refractivity contribution < 1.29 is 9.50 Å². The molecule has 0 saturated heterocycles. The smallest absolute Gasteiger partial charge is 0.138 e. The summed E-state index contributed by atoms with van der Waals surface area (Å²) >= 11 is 1.64. The number of rotatable bonds is 6. The third kappa shape index (κ3) is 3.25. The van der Waals surface area contributed by atoms with E-state index in [1.54, 1.807) is 29.5 Å². The lowest BCUT2D eigenvalue weighted by molar-refractivity contribution is 0.148. The van der Waals surface area contributed by atoms with Crippen LogP contribution in [0.15, 0.2) is 36.7 Å². The molecule has 0 aliphatic heterocycles. The van der Waals surface area contributed by atoms with Crippen LogP contribution in [-0.4, -0.2) is 21.1 Å². The molecule has 24 heavy (non-hydrogen) atoms. The van der Waals surface area contributed by atoms with Crippen LogP contribution in [0.1, 0.15) is 36.8 Å². The standard InChI is InChI=1S/C18H20FN3OS/c1-3-11-9-13-17(20-10-21-18(13)24-11)22-15(4-2)16(23)12-7-5-6-8-14(12)19/h5-10,15-16,23H,3-4H2,1-2H3,(H,20,21,22). The van der Waals surface area contributed by atoms with Crippen molar-refractivity contribution in [3.8, 4) is 0 Å². The molecule has 2 aromatic heterocycles. The van der Waals surface area contributed by atoms with Gasteiger partial charge in [-0.3, -0.25) is 0 Å². The first kappa shape index (κ1) is 16.8. The highest BCUT2D eigenvalue weighted by Gasteiger charge is 2.23.